The smallest absolute Gasteiger partial charge is 0.149 e. The minimum atomic E-state index is -0.373. The fraction of sp³-hybridized carbons (Fsp3) is 0.625. The van der Waals surface area contributed by atoms with E-state index in [1.807, 2.05) is 0 Å². The molecule has 0 radical (unpaired) electrons. The summed E-state index contributed by atoms with van der Waals surface area (Å²) in [6, 6.07) is 4.84. The van der Waals surface area contributed by atoms with Crippen LogP contribution in [-0.2, 0) is 0 Å². The van der Waals surface area contributed by atoms with Gasteiger partial charge < -0.3 is 10.5 Å². The summed E-state index contributed by atoms with van der Waals surface area (Å²) in [4.78, 5) is 0. The highest BCUT2D eigenvalue weighted by Crippen LogP contribution is 2.57. The van der Waals surface area contributed by atoms with E-state index in [9.17, 15) is 4.39 Å². The van der Waals surface area contributed by atoms with Crippen molar-refractivity contribution in [2.75, 3.05) is 5.73 Å². The number of anilines is 1. The molecule has 3 heteroatoms. The first-order valence-electron chi connectivity index (χ1n) is 7.36. The fourth-order valence-electron chi connectivity index (χ4n) is 4.98. The van der Waals surface area contributed by atoms with Gasteiger partial charge in [-0.15, -0.1) is 0 Å². The van der Waals surface area contributed by atoms with Gasteiger partial charge in [-0.3, -0.25) is 0 Å². The van der Waals surface area contributed by atoms with E-state index in [2.05, 4.69) is 0 Å². The van der Waals surface area contributed by atoms with Crippen molar-refractivity contribution in [2.24, 2.45) is 17.8 Å². The zero-order chi connectivity index (χ0) is 13.0. The third kappa shape index (κ3) is 1.90. The molecule has 0 unspecified atom stereocenters. The molecule has 19 heavy (non-hydrogen) atoms. The van der Waals surface area contributed by atoms with Crippen LogP contribution in [-0.4, -0.2) is 5.60 Å². The largest absolute Gasteiger partial charge is 0.487 e. The summed E-state index contributed by atoms with van der Waals surface area (Å²) in [5.74, 6) is 2.79. The lowest BCUT2D eigenvalue weighted by Gasteiger charge is -2.56. The molecular formula is C16H20FNO. The number of halogens is 1. The van der Waals surface area contributed by atoms with Crippen molar-refractivity contribution in [3.8, 4) is 5.75 Å². The monoisotopic (exact) mass is 261 g/mol. The Hall–Kier alpha value is -1.25. The van der Waals surface area contributed by atoms with Crippen molar-refractivity contribution in [3.63, 3.8) is 0 Å². The first-order valence-corrected chi connectivity index (χ1v) is 7.36. The summed E-state index contributed by atoms with van der Waals surface area (Å²) < 4.78 is 19.8. The van der Waals surface area contributed by atoms with Crippen LogP contribution in [0.3, 0.4) is 0 Å². The van der Waals surface area contributed by atoms with Crippen molar-refractivity contribution in [3.05, 3.63) is 24.0 Å². The Labute approximate surface area is 113 Å². The first kappa shape index (κ1) is 11.6. The maximum atomic E-state index is 13.5. The highest BCUT2D eigenvalue weighted by molar-refractivity contribution is 5.43. The van der Waals surface area contributed by atoms with Crippen LogP contribution in [0.15, 0.2) is 18.2 Å². The minimum absolute atomic E-state index is 0.0166. The molecule has 0 heterocycles. The van der Waals surface area contributed by atoms with Crippen LogP contribution >= 0.6 is 0 Å². The van der Waals surface area contributed by atoms with Gasteiger partial charge in [-0.2, -0.15) is 0 Å². The van der Waals surface area contributed by atoms with Crippen molar-refractivity contribution in [2.45, 2.75) is 44.1 Å². The second kappa shape index (κ2) is 3.87. The second-order valence-electron chi connectivity index (χ2n) is 6.89. The van der Waals surface area contributed by atoms with E-state index in [1.54, 1.807) is 12.1 Å². The molecule has 4 aliphatic rings. The van der Waals surface area contributed by atoms with Crippen molar-refractivity contribution in [1.29, 1.82) is 0 Å². The second-order valence-corrected chi connectivity index (χ2v) is 6.89. The Bertz CT molecular complexity index is 478. The molecule has 0 atom stereocenters. The first-order chi connectivity index (χ1) is 9.12. The van der Waals surface area contributed by atoms with E-state index in [1.165, 1.54) is 25.3 Å². The van der Waals surface area contributed by atoms with E-state index >= 15 is 0 Å². The van der Waals surface area contributed by atoms with E-state index in [4.69, 9.17) is 10.5 Å². The molecule has 2 N–H and O–H groups in total. The summed E-state index contributed by atoms with van der Waals surface area (Å²) >= 11 is 0. The number of hydrogen-bond donors (Lipinski definition) is 1. The van der Waals surface area contributed by atoms with Gasteiger partial charge in [-0.25, -0.2) is 4.39 Å². The molecule has 0 spiro atoms. The molecule has 5 rings (SSSR count). The van der Waals surface area contributed by atoms with E-state index in [-0.39, 0.29) is 17.1 Å². The van der Waals surface area contributed by atoms with Gasteiger partial charge in [0, 0.05) is 6.07 Å². The van der Waals surface area contributed by atoms with Crippen LogP contribution in [0.1, 0.15) is 38.5 Å². The summed E-state index contributed by atoms with van der Waals surface area (Å²) in [6.45, 7) is 0. The highest BCUT2D eigenvalue weighted by atomic mass is 19.1. The highest BCUT2D eigenvalue weighted by Gasteiger charge is 2.52. The Morgan fingerprint density at radius 1 is 1.05 bits per heavy atom. The van der Waals surface area contributed by atoms with Gasteiger partial charge in [0.05, 0.1) is 5.69 Å². The van der Waals surface area contributed by atoms with E-state index < -0.39 is 0 Å². The Morgan fingerprint density at radius 3 is 2.16 bits per heavy atom. The zero-order valence-corrected chi connectivity index (χ0v) is 11.1. The molecule has 4 aliphatic carbocycles. The van der Waals surface area contributed by atoms with Gasteiger partial charge in [-0.05, 0) is 68.4 Å². The third-order valence-electron chi connectivity index (χ3n) is 5.29. The molecule has 4 bridgehead atoms. The lowest BCUT2D eigenvalue weighted by Crippen LogP contribution is -2.53. The standard InChI is InChI=1S/C16H20FNO/c17-14-6-13(1-2-15(14)18)19-16-7-10-3-11(8-16)5-12(4-10)9-16/h1-2,6,10-12H,3-5,7-9,18H2. The number of hydrogen-bond acceptors (Lipinski definition) is 2. The maximum absolute atomic E-state index is 13.5. The maximum Gasteiger partial charge on any atom is 0.149 e. The Balaban J connectivity index is 1.60. The zero-order valence-electron chi connectivity index (χ0n) is 11.1. The number of benzene rings is 1. The Morgan fingerprint density at radius 2 is 1.63 bits per heavy atom. The van der Waals surface area contributed by atoms with Crippen LogP contribution in [0.25, 0.3) is 0 Å². The van der Waals surface area contributed by atoms with Crippen molar-refractivity contribution in [1.82, 2.24) is 0 Å². The third-order valence-corrected chi connectivity index (χ3v) is 5.29. The summed E-state index contributed by atoms with van der Waals surface area (Å²) in [5.41, 5.74) is 5.70. The molecule has 102 valence electrons. The van der Waals surface area contributed by atoms with Gasteiger partial charge in [0.1, 0.15) is 17.2 Å². The predicted molar refractivity (Wildman–Crippen MR) is 72.3 cm³/mol. The van der Waals surface area contributed by atoms with Crippen molar-refractivity contribution >= 4 is 5.69 Å². The molecule has 1 aromatic rings. The fourth-order valence-corrected chi connectivity index (χ4v) is 4.98. The summed E-state index contributed by atoms with van der Waals surface area (Å²) in [7, 11) is 0. The average molecular weight is 261 g/mol. The number of nitrogens with two attached hydrogens (primary N) is 1. The molecule has 2 nitrogen and oxygen atoms in total. The number of rotatable bonds is 2. The van der Waals surface area contributed by atoms with Gasteiger partial charge in [0.25, 0.3) is 0 Å². The normalized spacial score (nSPS) is 39.5. The van der Waals surface area contributed by atoms with Gasteiger partial charge in [-0.1, -0.05) is 0 Å². The van der Waals surface area contributed by atoms with E-state index in [0.29, 0.717) is 5.75 Å². The van der Waals surface area contributed by atoms with Gasteiger partial charge in [0.2, 0.25) is 0 Å². The SMILES string of the molecule is Nc1ccc(OC23CC4CC(CC(C4)C2)C3)cc1F. The van der Waals surface area contributed by atoms with Crippen LogP contribution in [0, 0.1) is 23.6 Å². The lowest BCUT2D eigenvalue weighted by atomic mass is 9.54. The minimum Gasteiger partial charge on any atom is -0.487 e. The predicted octanol–water partition coefficient (Wildman–Crippen LogP) is 3.76. The van der Waals surface area contributed by atoms with Crippen LogP contribution in [0.5, 0.6) is 5.75 Å². The molecule has 4 fully saturated rings. The molecule has 0 aromatic heterocycles. The average Bonchev–Trinajstić information content (AvgIpc) is 2.31. The van der Waals surface area contributed by atoms with Crippen LogP contribution < -0.4 is 10.5 Å². The number of ether oxygens (including phenoxy) is 1. The molecule has 0 aliphatic heterocycles. The summed E-state index contributed by atoms with van der Waals surface area (Å²) in [6.07, 6.45) is 7.64. The van der Waals surface area contributed by atoms with Crippen molar-refractivity contribution < 1.29 is 9.13 Å². The molecule has 0 saturated heterocycles. The van der Waals surface area contributed by atoms with Crippen LogP contribution in [0.4, 0.5) is 10.1 Å². The van der Waals surface area contributed by atoms with E-state index in [0.717, 1.165) is 37.0 Å². The molecular weight excluding hydrogens is 241 g/mol. The quantitative estimate of drug-likeness (QED) is 0.823. The Kier molecular flexibility index (Phi) is 2.36. The lowest BCUT2D eigenvalue weighted by molar-refractivity contribution is -0.107. The molecule has 0 amide bonds. The number of nitrogen functional groups attached to an aromatic ring is 1. The molecule has 4 saturated carbocycles. The molecule has 1 aromatic carbocycles. The topological polar surface area (TPSA) is 35.2 Å². The van der Waals surface area contributed by atoms with Gasteiger partial charge >= 0.3 is 0 Å². The van der Waals surface area contributed by atoms with Crippen LogP contribution in [0.2, 0.25) is 0 Å². The summed E-state index contributed by atoms with van der Waals surface area (Å²) in [5, 5.41) is 0. The van der Waals surface area contributed by atoms with Gasteiger partial charge in [0.15, 0.2) is 0 Å².